The Morgan fingerprint density at radius 2 is 2.14 bits per heavy atom. The van der Waals surface area contributed by atoms with Crippen LogP contribution in [0.15, 0.2) is 43.5 Å². The molecule has 7 nitrogen and oxygen atoms in total. The zero-order chi connectivity index (χ0) is 26.2. The Kier molecular flexibility index (Phi) is 7.88. The number of aliphatic hydroxyl groups excluding tert-OH is 1. The second-order valence-electron chi connectivity index (χ2n) is 9.61. The van der Waals surface area contributed by atoms with Crippen LogP contribution in [0.2, 0.25) is 5.02 Å². The van der Waals surface area contributed by atoms with Crippen molar-refractivity contribution >= 4 is 46.8 Å². The number of amides is 2. The predicted octanol–water partition coefficient (Wildman–Crippen LogP) is 3.76. The van der Waals surface area contributed by atoms with Crippen LogP contribution in [0.5, 0.6) is 0 Å². The molecule has 3 heterocycles. The van der Waals surface area contributed by atoms with Crippen molar-refractivity contribution in [2.75, 3.05) is 24.7 Å². The van der Waals surface area contributed by atoms with Crippen LogP contribution in [0.25, 0.3) is 0 Å². The molecule has 1 aromatic carbocycles. The highest BCUT2D eigenvalue weighted by Crippen LogP contribution is 2.67. The number of para-hydroxylation sites is 1. The van der Waals surface area contributed by atoms with E-state index in [2.05, 4.69) is 13.2 Å². The minimum Gasteiger partial charge on any atom is -0.461 e. The summed E-state index contributed by atoms with van der Waals surface area (Å²) in [5.74, 6) is -2.29. The summed E-state index contributed by atoms with van der Waals surface area (Å²) in [6, 6.07) is 4.04. The third kappa shape index (κ3) is 4.07. The van der Waals surface area contributed by atoms with Crippen LogP contribution < -0.4 is 4.90 Å². The van der Waals surface area contributed by atoms with E-state index in [9.17, 15) is 19.5 Å². The summed E-state index contributed by atoms with van der Waals surface area (Å²) in [6.45, 7) is 11.2. The van der Waals surface area contributed by atoms with E-state index in [0.29, 0.717) is 30.0 Å². The summed E-state index contributed by atoms with van der Waals surface area (Å²) in [7, 11) is 0. The molecular weight excluding hydrogens is 500 g/mol. The lowest BCUT2D eigenvalue weighted by Gasteiger charge is -2.39. The fourth-order valence-corrected chi connectivity index (χ4v) is 8.73. The molecule has 4 rings (SSSR count). The van der Waals surface area contributed by atoms with Gasteiger partial charge in [-0.15, -0.1) is 18.3 Å². The number of rotatable bonds is 10. The first-order chi connectivity index (χ1) is 17.3. The molecule has 6 atom stereocenters. The van der Waals surface area contributed by atoms with Crippen LogP contribution in [0.3, 0.4) is 0 Å². The van der Waals surface area contributed by atoms with Crippen LogP contribution in [-0.2, 0) is 19.1 Å². The fraction of sp³-hybridized carbons (Fsp3) is 0.519. The number of carbonyl (C=O) groups is 3. The van der Waals surface area contributed by atoms with Crippen molar-refractivity contribution in [2.45, 2.75) is 55.2 Å². The molecule has 0 aromatic heterocycles. The number of ether oxygens (including phenoxy) is 1. The maximum atomic E-state index is 14.5. The van der Waals surface area contributed by atoms with Gasteiger partial charge < -0.3 is 19.6 Å². The van der Waals surface area contributed by atoms with Gasteiger partial charge in [0.05, 0.1) is 39.9 Å². The molecule has 3 saturated heterocycles. The van der Waals surface area contributed by atoms with Crippen molar-refractivity contribution in [1.82, 2.24) is 4.90 Å². The zero-order valence-corrected chi connectivity index (χ0v) is 22.3. The van der Waals surface area contributed by atoms with E-state index in [0.717, 1.165) is 5.56 Å². The number of halogens is 1. The molecule has 0 radical (unpaired) electrons. The monoisotopic (exact) mass is 532 g/mol. The number of benzene rings is 1. The van der Waals surface area contributed by atoms with E-state index >= 15 is 0 Å². The van der Waals surface area contributed by atoms with Gasteiger partial charge in [-0.25, -0.2) is 0 Å². The number of likely N-dealkylation sites (tertiary alicyclic amines) is 1. The lowest BCUT2D eigenvalue weighted by molar-refractivity contribution is -0.153. The Bertz CT molecular complexity index is 1060. The van der Waals surface area contributed by atoms with Gasteiger partial charge in [0, 0.05) is 11.8 Å². The lowest BCUT2D eigenvalue weighted by atomic mass is 9.71. The van der Waals surface area contributed by atoms with Crippen LogP contribution in [0.4, 0.5) is 5.69 Å². The molecule has 1 aromatic rings. The first-order valence-corrected chi connectivity index (χ1v) is 13.6. The molecule has 1 N–H and O–H groups in total. The van der Waals surface area contributed by atoms with Crippen LogP contribution >= 0.6 is 23.4 Å². The second kappa shape index (κ2) is 10.6. The first kappa shape index (κ1) is 26.8. The van der Waals surface area contributed by atoms with Crippen molar-refractivity contribution in [3.63, 3.8) is 0 Å². The molecule has 2 bridgehead atoms. The minimum absolute atomic E-state index is 0.0693. The van der Waals surface area contributed by atoms with Gasteiger partial charge >= 0.3 is 5.97 Å². The van der Waals surface area contributed by atoms with Gasteiger partial charge in [-0.05, 0) is 37.8 Å². The molecule has 3 aliphatic rings. The Balaban J connectivity index is 1.83. The summed E-state index contributed by atoms with van der Waals surface area (Å²) in [4.78, 5) is 44.8. The van der Waals surface area contributed by atoms with E-state index in [1.54, 1.807) is 33.7 Å². The van der Waals surface area contributed by atoms with Gasteiger partial charge in [-0.1, -0.05) is 49.4 Å². The van der Waals surface area contributed by atoms with Crippen molar-refractivity contribution in [3.05, 3.63) is 54.1 Å². The first-order valence-electron chi connectivity index (χ1n) is 12.3. The second-order valence-corrected chi connectivity index (χ2v) is 11.6. The van der Waals surface area contributed by atoms with Crippen molar-refractivity contribution in [1.29, 1.82) is 0 Å². The summed E-state index contributed by atoms with van der Waals surface area (Å²) < 4.78 is 4.61. The summed E-state index contributed by atoms with van der Waals surface area (Å²) in [5, 5.41) is 10.5. The predicted molar refractivity (Wildman–Crippen MR) is 142 cm³/mol. The molecule has 3 aliphatic heterocycles. The van der Waals surface area contributed by atoms with Gasteiger partial charge in [-0.2, -0.15) is 0 Å². The third-order valence-electron chi connectivity index (χ3n) is 7.70. The number of nitrogens with zero attached hydrogens (tertiary/aromatic N) is 2. The smallest absolute Gasteiger partial charge is 0.311 e. The maximum Gasteiger partial charge on any atom is 0.311 e. The van der Waals surface area contributed by atoms with E-state index in [1.165, 1.54) is 6.08 Å². The van der Waals surface area contributed by atoms with Gasteiger partial charge in [0.1, 0.15) is 12.6 Å². The molecule has 2 unspecified atom stereocenters. The molecule has 0 saturated carbocycles. The summed E-state index contributed by atoms with van der Waals surface area (Å²) in [6.07, 6.45) is 4.95. The number of aryl methyl sites for hydroxylation is 1. The van der Waals surface area contributed by atoms with Gasteiger partial charge in [0.25, 0.3) is 5.91 Å². The highest BCUT2D eigenvalue weighted by atomic mass is 35.5. The normalized spacial score (nSPS) is 29.1. The van der Waals surface area contributed by atoms with E-state index in [1.807, 2.05) is 26.0 Å². The number of hydrogen-bond acceptors (Lipinski definition) is 6. The van der Waals surface area contributed by atoms with Gasteiger partial charge in [-0.3, -0.25) is 14.4 Å². The molecule has 0 aliphatic carbocycles. The summed E-state index contributed by atoms with van der Waals surface area (Å²) in [5.41, 5.74) is 1.40. The Labute approximate surface area is 221 Å². The van der Waals surface area contributed by atoms with Crippen molar-refractivity contribution < 1.29 is 24.2 Å². The molecule has 9 heteroatoms. The molecule has 1 spiro atoms. The summed E-state index contributed by atoms with van der Waals surface area (Å²) >= 11 is 8.13. The quantitative estimate of drug-likeness (QED) is 0.365. The highest BCUT2D eigenvalue weighted by Gasteiger charge is 2.74. The van der Waals surface area contributed by atoms with Crippen molar-refractivity contribution in [2.24, 2.45) is 11.8 Å². The Morgan fingerprint density at radius 1 is 1.39 bits per heavy atom. The average molecular weight is 533 g/mol. The van der Waals surface area contributed by atoms with Gasteiger partial charge in [0.2, 0.25) is 5.91 Å². The minimum atomic E-state index is -0.852. The Hall–Kier alpha value is -2.29. The average Bonchev–Trinajstić information content (AvgIpc) is 3.50. The number of fused-ring (bicyclic) bond motifs is 1. The van der Waals surface area contributed by atoms with Crippen LogP contribution in [-0.4, -0.2) is 69.6 Å². The number of hydrogen-bond donors (Lipinski definition) is 1. The SMILES string of the molecule is C=CCOC(=O)[C@@H]1[C@H]2C(=O)N([C@@H](CC)CO)C(C(=O)N(CC=C)c3c(C)cccc3Cl)C23CC[C@H]1S3. The lowest BCUT2D eigenvalue weighted by Crippen LogP contribution is -2.57. The largest absolute Gasteiger partial charge is 0.461 e. The number of carbonyl (C=O) groups excluding carboxylic acids is 3. The molecular formula is C27H33ClN2O5S. The van der Waals surface area contributed by atoms with E-state index in [4.69, 9.17) is 16.3 Å². The van der Waals surface area contributed by atoms with E-state index < -0.39 is 34.6 Å². The van der Waals surface area contributed by atoms with Gasteiger partial charge in [0.15, 0.2) is 0 Å². The third-order valence-corrected chi connectivity index (χ3v) is 9.96. The zero-order valence-electron chi connectivity index (χ0n) is 20.7. The fourth-order valence-electron chi connectivity index (χ4n) is 6.22. The highest BCUT2D eigenvalue weighted by molar-refractivity contribution is 8.02. The molecule has 194 valence electrons. The maximum absolute atomic E-state index is 14.5. The number of anilines is 1. The molecule has 3 fully saturated rings. The topological polar surface area (TPSA) is 87.1 Å². The van der Waals surface area contributed by atoms with Crippen LogP contribution in [0.1, 0.15) is 31.7 Å². The Morgan fingerprint density at radius 3 is 2.75 bits per heavy atom. The number of thioether (sulfide) groups is 1. The van der Waals surface area contributed by atoms with Crippen molar-refractivity contribution in [3.8, 4) is 0 Å². The number of esters is 1. The molecule has 2 amide bonds. The standard InChI is InChI=1S/C27H33ClN2O5S/c1-5-13-29(22-16(4)9-8-10-18(22)28)25(33)23-27-12-11-19(36-27)20(26(34)35-14-6-2)21(27)24(32)30(23)17(7-3)15-31/h5-6,8-10,17,19-21,23,31H,1-2,7,11-15H2,3-4H3/t17-,19+,20-,21-,23?,27?/m0/s1. The molecule has 36 heavy (non-hydrogen) atoms. The number of aliphatic hydroxyl groups is 1. The van der Waals surface area contributed by atoms with E-state index in [-0.39, 0.29) is 36.8 Å². The van der Waals surface area contributed by atoms with Crippen LogP contribution in [0, 0.1) is 18.8 Å².